The van der Waals surface area contributed by atoms with Gasteiger partial charge in [-0.2, -0.15) is 0 Å². The van der Waals surface area contributed by atoms with Gasteiger partial charge in [-0.15, -0.1) is 0 Å². The fourth-order valence-electron chi connectivity index (χ4n) is 2.05. The normalized spacial score (nSPS) is 16.7. The molecule has 0 radical (unpaired) electrons. The smallest absolute Gasteiger partial charge is 0.322 e. The van der Waals surface area contributed by atoms with E-state index in [4.69, 9.17) is 9.47 Å². The van der Waals surface area contributed by atoms with E-state index in [-0.39, 0.29) is 18.9 Å². The average Bonchev–Trinajstić information content (AvgIpc) is 2.82. The van der Waals surface area contributed by atoms with Crippen molar-refractivity contribution in [1.82, 2.24) is 16.0 Å². The van der Waals surface area contributed by atoms with Gasteiger partial charge in [-0.05, 0) is 17.7 Å². The number of hydrogen-bond acceptors (Lipinski definition) is 5. The van der Waals surface area contributed by atoms with Crippen LogP contribution in [0.5, 0.6) is 11.5 Å². The van der Waals surface area contributed by atoms with Crippen LogP contribution in [-0.2, 0) is 16.1 Å². The monoisotopic (exact) mass is 307 g/mol. The molecule has 22 heavy (non-hydrogen) atoms. The molecule has 0 aliphatic carbocycles. The molecule has 8 heteroatoms. The Morgan fingerprint density at radius 3 is 2.55 bits per heavy atom. The summed E-state index contributed by atoms with van der Waals surface area (Å²) in [5.74, 6) is 0.336. The van der Waals surface area contributed by atoms with Gasteiger partial charge in [-0.1, -0.05) is 6.07 Å². The fourth-order valence-corrected chi connectivity index (χ4v) is 2.05. The van der Waals surface area contributed by atoms with Crippen molar-refractivity contribution < 1.29 is 23.9 Å². The third-order valence-corrected chi connectivity index (χ3v) is 3.19. The van der Waals surface area contributed by atoms with Crippen molar-refractivity contribution in [2.24, 2.45) is 0 Å². The Morgan fingerprint density at radius 2 is 1.95 bits per heavy atom. The number of carbonyl (C=O) groups is 3. The Morgan fingerprint density at radius 1 is 1.23 bits per heavy atom. The van der Waals surface area contributed by atoms with E-state index in [0.29, 0.717) is 11.5 Å². The minimum atomic E-state index is -0.821. The molecule has 1 aliphatic rings. The molecule has 0 saturated carbocycles. The number of ether oxygens (including phenoxy) is 2. The van der Waals surface area contributed by atoms with Gasteiger partial charge in [0, 0.05) is 6.54 Å². The molecular weight excluding hydrogens is 290 g/mol. The van der Waals surface area contributed by atoms with Crippen LogP contribution in [0.1, 0.15) is 12.0 Å². The molecule has 0 spiro atoms. The highest BCUT2D eigenvalue weighted by molar-refractivity contribution is 6.05. The van der Waals surface area contributed by atoms with Gasteiger partial charge < -0.3 is 20.1 Å². The van der Waals surface area contributed by atoms with E-state index in [1.165, 1.54) is 7.11 Å². The molecule has 1 saturated heterocycles. The standard InChI is InChI=1S/C14H17N3O5/c1-21-10-4-3-8(5-11(10)22-2)7-15-12(18)6-9-13(19)17-14(20)16-9/h3-5,9H,6-7H2,1-2H3,(H,15,18)(H2,16,17,19,20). The van der Waals surface area contributed by atoms with Crippen molar-refractivity contribution in [3.63, 3.8) is 0 Å². The first-order valence-corrected chi connectivity index (χ1v) is 6.62. The number of hydrogen-bond donors (Lipinski definition) is 3. The van der Waals surface area contributed by atoms with Gasteiger partial charge in [0.2, 0.25) is 5.91 Å². The van der Waals surface area contributed by atoms with E-state index in [1.54, 1.807) is 25.3 Å². The maximum Gasteiger partial charge on any atom is 0.322 e. The SMILES string of the molecule is COc1ccc(CNC(=O)CC2NC(=O)NC2=O)cc1OC. The number of imide groups is 1. The summed E-state index contributed by atoms with van der Waals surface area (Å²) in [5, 5.41) is 7.13. The lowest BCUT2D eigenvalue weighted by Crippen LogP contribution is -2.36. The lowest BCUT2D eigenvalue weighted by atomic mass is 10.1. The molecule has 8 nitrogen and oxygen atoms in total. The molecule has 0 bridgehead atoms. The molecule has 1 heterocycles. The zero-order chi connectivity index (χ0) is 16.1. The summed E-state index contributed by atoms with van der Waals surface area (Å²) in [4.78, 5) is 34.1. The number of rotatable bonds is 6. The second-order valence-electron chi connectivity index (χ2n) is 4.69. The van der Waals surface area contributed by atoms with Crippen LogP contribution >= 0.6 is 0 Å². The maximum absolute atomic E-state index is 11.8. The first kappa shape index (κ1) is 15.6. The topological polar surface area (TPSA) is 106 Å². The summed E-state index contributed by atoms with van der Waals surface area (Å²) in [6, 6.07) is 3.89. The van der Waals surface area contributed by atoms with Crippen molar-refractivity contribution in [2.75, 3.05) is 14.2 Å². The minimum Gasteiger partial charge on any atom is -0.493 e. The van der Waals surface area contributed by atoms with E-state index in [0.717, 1.165) is 5.56 Å². The summed E-state index contributed by atoms with van der Waals surface area (Å²) in [6.07, 6.45) is -0.106. The van der Waals surface area contributed by atoms with Gasteiger partial charge in [-0.3, -0.25) is 14.9 Å². The third kappa shape index (κ3) is 3.66. The number of methoxy groups -OCH3 is 2. The van der Waals surface area contributed by atoms with Crippen molar-refractivity contribution in [1.29, 1.82) is 0 Å². The number of nitrogens with one attached hydrogen (secondary N) is 3. The highest BCUT2D eigenvalue weighted by Crippen LogP contribution is 2.27. The fraction of sp³-hybridized carbons (Fsp3) is 0.357. The molecule has 1 fully saturated rings. The van der Waals surface area contributed by atoms with Crippen molar-refractivity contribution >= 4 is 17.8 Å². The van der Waals surface area contributed by atoms with Gasteiger partial charge in [-0.25, -0.2) is 4.79 Å². The van der Waals surface area contributed by atoms with Crippen LogP contribution in [0.2, 0.25) is 0 Å². The summed E-state index contributed by atoms with van der Waals surface area (Å²) < 4.78 is 10.3. The minimum absolute atomic E-state index is 0.106. The summed E-state index contributed by atoms with van der Waals surface area (Å²) in [6.45, 7) is 0.279. The molecule has 1 aromatic rings. The Bertz CT molecular complexity index is 602. The van der Waals surface area contributed by atoms with Crippen LogP contribution in [0.3, 0.4) is 0 Å². The third-order valence-electron chi connectivity index (χ3n) is 3.19. The van der Waals surface area contributed by atoms with Crippen LogP contribution in [0, 0.1) is 0 Å². The Hall–Kier alpha value is -2.77. The summed E-state index contributed by atoms with van der Waals surface area (Å²) in [5.41, 5.74) is 0.825. The van der Waals surface area contributed by atoms with Crippen molar-refractivity contribution in [3.05, 3.63) is 23.8 Å². The van der Waals surface area contributed by atoms with Gasteiger partial charge >= 0.3 is 6.03 Å². The number of urea groups is 1. The van der Waals surface area contributed by atoms with Crippen LogP contribution < -0.4 is 25.4 Å². The molecule has 2 rings (SSSR count). The molecule has 118 valence electrons. The molecule has 1 atom stereocenters. The molecule has 0 aromatic heterocycles. The highest BCUT2D eigenvalue weighted by atomic mass is 16.5. The van der Waals surface area contributed by atoms with Crippen LogP contribution in [-0.4, -0.2) is 38.1 Å². The molecule has 3 N–H and O–H groups in total. The molecule has 1 aromatic carbocycles. The summed E-state index contributed by atoms with van der Waals surface area (Å²) in [7, 11) is 3.07. The number of benzene rings is 1. The van der Waals surface area contributed by atoms with Crippen molar-refractivity contribution in [2.45, 2.75) is 19.0 Å². The van der Waals surface area contributed by atoms with Gasteiger partial charge in [0.05, 0.1) is 20.6 Å². The van der Waals surface area contributed by atoms with Crippen LogP contribution in [0.15, 0.2) is 18.2 Å². The average molecular weight is 307 g/mol. The molecule has 1 aliphatic heterocycles. The zero-order valence-corrected chi connectivity index (χ0v) is 12.3. The highest BCUT2D eigenvalue weighted by Gasteiger charge is 2.31. The quantitative estimate of drug-likeness (QED) is 0.637. The lowest BCUT2D eigenvalue weighted by Gasteiger charge is -2.11. The van der Waals surface area contributed by atoms with E-state index in [1.807, 2.05) is 0 Å². The second kappa shape index (κ2) is 6.79. The van der Waals surface area contributed by atoms with Crippen molar-refractivity contribution in [3.8, 4) is 11.5 Å². The first-order chi connectivity index (χ1) is 10.5. The molecule has 4 amide bonds. The maximum atomic E-state index is 11.8. The van der Waals surface area contributed by atoms with E-state index < -0.39 is 18.0 Å². The predicted molar refractivity (Wildman–Crippen MR) is 76.5 cm³/mol. The van der Waals surface area contributed by atoms with Gasteiger partial charge in [0.15, 0.2) is 11.5 Å². The molecule has 1 unspecified atom stereocenters. The number of carbonyl (C=O) groups excluding carboxylic acids is 3. The van der Waals surface area contributed by atoms with Crippen LogP contribution in [0.25, 0.3) is 0 Å². The zero-order valence-electron chi connectivity index (χ0n) is 12.3. The molecular formula is C14H17N3O5. The second-order valence-corrected chi connectivity index (χ2v) is 4.69. The lowest BCUT2D eigenvalue weighted by molar-refractivity contribution is -0.126. The van der Waals surface area contributed by atoms with E-state index in [9.17, 15) is 14.4 Å². The Balaban J connectivity index is 1.88. The van der Waals surface area contributed by atoms with Gasteiger partial charge in [0.25, 0.3) is 5.91 Å². The summed E-state index contributed by atoms with van der Waals surface area (Å²) >= 11 is 0. The van der Waals surface area contributed by atoms with E-state index >= 15 is 0 Å². The Kier molecular flexibility index (Phi) is 4.82. The first-order valence-electron chi connectivity index (χ1n) is 6.62. The van der Waals surface area contributed by atoms with E-state index in [2.05, 4.69) is 16.0 Å². The predicted octanol–water partition coefficient (Wildman–Crippen LogP) is -0.0819. The number of amides is 4. The largest absolute Gasteiger partial charge is 0.493 e. The van der Waals surface area contributed by atoms with Crippen LogP contribution in [0.4, 0.5) is 4.79 Å². The van der Waals surface area contributed by atoms with Gasteiger partial charge in [0.1, 0.15) is 6.04 Å². The Labute approximate surface area is 127 Å².